The van der Waals surface area contributed by atoms with Crippen molar-refractivity contribution in [2.45, 2.75) is 32.4 Å². The van der Waals surface area contributed by atoms with E-state index in [4.69, 9.17) is 15.2 Å². The number of guanidine groups is 1. The predicted octanol–water partition coefficient (Wildman–Crippen LogP) is 2.13. The van der Waals surface area contributed by atoms with Crippen LogP contribution in [0.25, 0.3) is 5.57 Å². The average Bonchev–Trinajstić information content (AvgIpc) is 2.86. The lowest BCUT2D eigenvalue weighted by atomic mass is 9.99. The molecule has 138 valence electrons. The molecule has 1 aromatic rings. The summed E-state index contributed by atoms with van der Waals surface area (Å²) in [6.07, 6.45) is 6.23. The van der Waals surface area contributed by atoms with Crippen molar-refractivity contribution in [3.8, 4) is 11.5 Å². The number of fused-ring (bicyclic) bond motifs is 1. The van der Waals surface area contributed by atoms with E-state index in [0.717, 1.165) is 54.4 Å². The fourth-order valence-corrected chi connectivity index (χ4v) is 3.53. The molecule has 0 radical (unpaired) electrons. The monoisotopic (exact) mass is 355 g/mol. The lowest BCUT2D eigenvalue weighted by molar-refractivity contribution is 0.173. The van der Waals surface area contributed by atoms with Crippen molar-refractivity contribution in [2.24, 2.45) is 10.7 Å². The normalized spacial score (nSPS) is 24.8. The van der Waals surface area contributed by atoms with Gasteiger partial charge in [0.15, 0.2) is 11.5 Å². The number of nitrogens with two attached hydrogens (primary N) is 1. The molecule has 1 aromatic carbocycles. The fraction of sp³-hybridized carbons (Fsp3) is 0.421. The van der Waals surface area contributed by atoms with E-state index in [0.29, 0.717) is 5.96 Å². The summed E-state index contributed by atoms with van der Waals surface area (Å²) in [7, 11) is 0. The average molecular weight is 355 g/mol. The quantitative estimate of drug-likeness (QED) is 0.649. The van der Waals surface area contributed by atoms with Gasteiger partial charge in [-0.2, -0.15) is 0 Å². The van der Waals surface area contributed by atoms with E-state index in [9.17, 15) is 0 Å². The van der Waals surface area contributed by atoms with E-state index in [1.54, 1.807) is 0 Å². The van der Waals surface area contributed by atoms with Crippen LogP contribution in [-0.2, 0) is 0 Å². The number of benzene rings is 1. The maximum Gasteiger partial charge on any atom is 0.231 e. The highest BCUT2D eigenvalue weighted by Crippen LogP contribution is 2.43. The topological polar surface area (TPSA) is 92.9 Å². The Morgan fingerprint density at radius 1 is 1.31 bits per heavy atom. The number of nitrogens with zero attached hydrogens (tertiary/aromatic N) is 1. The van der Waals surface area contributed by atoms with Gasteiger partial charge in [0.25, 0.3) is 0 Å². The molecule has 0 bridgehead atoms. The Hall–Kier alpha value is -2.51. The number of ether oxygens (including phenoxy) is 2. The third-order valence-corrected chi connectivity index (χ3v) is 4.56. The maximum atomic E-state index is 6.20. The molecule has 0 saturated heterocycles. The molecule has 0 saturated carbocycles. The van der Waals surface area contributed by atoms with Crippen LogP contribution in [0, 0.1) is 0 Å². The third-order valence-electron chi connectivity index (χ3n) is 4.56. The molecule has 0 aromatic heterocycles. The highest BCUT2D eigenvalue weighted by molar-refractivity contribution is 5.96. The van der Waals surface area contributed by atoms with Crippen molar-refractivity contribution in [3.05, 3.63) is 35.5 Å². The summed E-state index contributed by atoms with van der Waals surface area (Å²) in [6, 6.07) is 4.03. The fourth-order valence-electron chi connectivity index (χ4n) is 3.53. The summed E-state index contributed by atoms with van der Waals surface area (Å²) in [5.41, 5.74) is 9.67. The molecule has 0 fully saturated rings. The number of aliphatic imine (C=N–C) groups is 1. The van der Waals surface area contributed by atoms with Crippen LogP contribution in [0.5, 0.6) is 11.5 Å². The third kappa shape index (κ3) is 3.54. The summed E-state index contributed by atoms with van der Waals surface area (Å²) in [5, 5.41) is 9.92. The van der Waals surface area contributed by atoms with Crippen LogP contribution in [0.1, 0.15) is 32.3 Å². The second-order valence-corrected chi connectivity index (χ2v) is 7.07. The Balaban J connectivity index is 1.67. The largest absolute Gasteiger partial charge is 0.453 e. The van der Waals surface area contributed by atoms with Gasteiger partial charge in [0.1, 0.15) is 5.66 Å². The van der Waals surface area contributed by atoms with E-state index in [1.807, 2.05) is 26.0 Å². The van der Waals surface area contributed by atoms with Crippen LogP contribution in [0.3, 0.4) is 0 Å². The van der Waals surface area contributed by atoms with E-state index < -0.39 is 5.66 Å². The van der Waals surface area contributed by atoms with Gasteiger partial charge < -0.3 is 31.2 Å². The molecule has 7 heteroatoms. The van der Waals surface area contributed by atoms with Gasteiger partial charge in [-0.25, -0.2) is 4.99 Å². The summed E-state index contributed by atoms with van der Waals surface area (Å²) in [5.74, 6) is 2.19. The lowest BCUT2D eigenvalue weighted by Crippen LogP contribution is -2.55. The molecule has 1 atom stereocenters. The van der Waals surface area contributed by atoms with Crippen molar-refractivity contribution in [3.63, 3.8) is 0 Å². The predicted molar refractivity (Wildman–Crippen MR) is 103 cm³/mol. The first-order chi connectivity index (χ1) is 12.5. The molecule has 0 amide bonds. The summed E-state index contributed by atoms with van der Waals surface area (Å²) < 4.78 is 11.4. The van der Waals surface area contributed by atoms with E-state index in [-0.39, 0.29) is 6.79 Å². The minimum atomic E-state index is -0.636. The van der Waals surface area contributed by atoms with Crippen LogP contribution in [0.2, 0.25) is 0 Å². The lowest BCUT2D eigenvalue weighted by Gasteiger charge is -2.29. The maximum absolute atomic E-state index is 6.20. The zero-order valence-corrected chi connectivity index (χ0v) is 15.2. The second kappa shape index (κ2) is 6.66. The highest BCUT2D eigenvalue weighted by Gasteiger charge is 2.24. The molecule has 3 heterocycles. The van der Waals surface area contributed by atoms with Gasteiger partial charge in [-0.3, -0.25) is 0 Å². The van der Waals surface area contributed by atoms with Gasteiger partial charge >= 0.3 is 0 Å². The summed E-state index contributed by atoms with van der Waals surface area (Å²) >= 11 is 0. The molecule has 0 aliphatic carbocycles. The molecule has 5 N–H and O–H groups in total. The zero-order valence-electron chi connectivity index (χ0n) is 15.2. The smallest absolute Gasteiger partial charge is 0.231 e. The number of hydrogen-bond acceptors (Lipinski definition) is 7. The van der Waals surface area contributed by atoms with Crippen LogP contribution in [0.4, 0.5) is 5.69 Å². The Morgan fingerprint density at radius 3 is 3.04 bits per heavy atom. The van der Waals surface area contributed by atoms with Gasteiger partial charge in [-0.15, -0.1) is 0 Å². The van der Waals surface area contributed by atoms with Gasteiger partial charge in [0.05, 0.1) is 0 Å². The molecule has 26 heavy (non-hydrogen) atoms. The summed E-state index contributed by atoms with van der Waals surface area (Å²) in [4.78, 5) is 4.50. The van der Waals surface area contributed by atoms with Crippen molar-refractivity contribution in [1.82, 2.24) is 10.6 Å². The SMILES string of the molecule is CC1=CC(C)(N)NC(Nc2cc3c(c(C4=CCNCCC4)c2)OCO3)=N1. The first-order valence-electron chi connectivity index (χ1n) is 8.96. The van der Waals surface area contributed by atoms with E-state index >= 15 is 0 Å². The van der Waals surface area contributed by atoms with E-state index in [1.165, 1.54) is 5.57 Å². The Morgan fingerprint density at radius 2 is 2.19 bits per heavy atom. The number of allylic oxidation sites excluding steroid dienone is 2. The van der Waals surface area contributed by atoms with Crippen molar-refractivity contribution >= 4 is 17.2 Å². The number of hydrogen-bond donors (Lipinski definition) is 4. The molecule has 4 rings (SSSR count). The van der Waals surface area contributed by atoms with Crippen molar-refractivity contribution < 1.29 is 9.47 Å². The van der Waals surface area contributed by atoms with Crippen LogP contribution in [0.15, 0.2) is 35.0 Å². The van der Waals surface area contributed by atoms with E-state index in [2.05, 4.69) is 33.1 Å². The minimum Gasteiger partial charge on any atom is -0.453 e. The standard InChI is InChI=1S/C19H25N5O2/c1-12-10-19(2,20)24-18(22-12)23-14-8-15(13-4-3-6-21-7-5-13)17-16(9-14)25-11-26-17/h5,8-10,21H,3-4,6-7,11,20H2,1-2H3,(H2,22,23,24). The van der Waals surface area contributed by atoms with Gasteiger partial charge in [0.2, 0.25) is 12.8 Å². The van der Waals surface area contributed by atoms with Crippen molar-refractivity contribution in [2.75, 3.05) is 25.2 Å². The van der Waals surface area contributed by atoms with Gasteiger partial charge in [-0.1, -0.05) is 6.08 Å². The van der Waals surface area contributed by atoms with Crippen LogP contribution in [-0.4, -0.2) is 31.5 Å². The minimum absolute atomic E-state index is 0.249. The second-order valence-electron chi connectivity index (χ2n) is 7.07. The zero-order chi connectivity index (χ0) is 18.1. The number of anilines is 1. The molecule has 1 unspecified atom stereocenters. The molecular formula is C19H25N5O2. The number of nitrogens with one attached hydrogen (secondary N) is 3. The molecule has 0 spiro atoms. The first-order valence-corrected chi connectivity index (χ1v) is 8.96. The molecule has 3 aliphatic heterocycles. The van der Waals surface area contributed by atoms with Crippen molar-refractivity contribution in [1.29, 1.82) is 0 Å². The molecule has 7 nitrogen and oxygen atoms in total. The van der Waals surface area contributed by atoms with Gasteiger partial charge in [0, 0.05) is 29.6 Å². The number of rotatable bonds is 2. The molecule has 3 aliphatic rings. The molecular weight excluding hydrogens is 330 g/mol. The van der Waals surface area contributed by atoms with Crippen LogP contribution >= 0.6 is 0 Å². The highest BCUT2D eigenvalue weighted by atomic mass is 16.7. The Labute approximate surface area is 153 Å². The van der Waals surface area contributed by atoms with Crippen LogP contribution < -0.4 is 31.2 Å². The summed E-state index contributed by atoms with van der Waals surface area (Å²) in [6.45, 7) is 5.98. The Kier molecular flexibility index (Phi) is 4.34. The Bertz CT molecular complexity index is 810. The first kappa shape index (κ1) is 16.9. The van der Waals surface area contributed by atoms with Gasteiger partial charge in [-0.05, 0) is 50.9 Å².